The molecule has 3 aromatic rings. The molecule has 22 heavy (non-hydrogen) atoms. The van der Waals surface area contributed by atoms with Crippen LogP contribution in [0.15, 0.2) is 36.7 Å². The Morgan fingerprint density at radius 2 is 1.18 bits per heavy atom. The summed E-state index contributed by atoms with van der Waals surface area (Å²) in [5.41, 5.74) is 6.18. The third-order valence-electron chi connectivity index (χ3n) is 3.76. The first-order valence-corrected chi connectivity index (χ1v) is 7.27. The molecule has 0 spiro atoms. The maximum atomic E-state index is 4.71. The Morgan fingerprint density at radius 1 is 0.636 bits per heavy atom. The maximum Gasteiger partial charge on any atom is 0.162 e. The molecule has 0 radical (unpaired) electrons. The maximum absolute atomic E-state index is 4.71. The molecule has 0 aliphatic heterocycles. The number of nitrogens with zero attached hydrogens (tertiary/aromatic N) is 4. The molecule has 2 heterocycles. The molecule has 0 unspecified atom stereocenters. The molecular weight excluding hydrogens is 272 g/mol. The third kappa shape index (κ3) is 2.48. The van der Waals surface area contributed by atoms with E-state index < -0.39 is 0 Å². The lowest BCUT2D eigenvalue weighted by Gasteiger charge is -2.13. The van der Waals surface area contributed by atoms with E-state index in [-0.39, 0.29) is 0 Å². The van der Waals surface area contributed by atoms with Crippen LogP contribution in [0, 0.1) is 27.7 Å². The molecule has 0 amide bonds. The van der Waals surface area contributed by atoms with Crippen LogP contribution in [0.4, 0.5) is 0 Å². The molecule has 0 atom stereocenters. The van der Waals surface area contributed by atoms with E-state index in [1.54, 1.807) is 18.5 Å². The predicted octanol–water partition coefficient (Wildman–Crippen LogP) is 3.83. The standard InChI is InChI=1S/C18H18N4/c1-11-7-5-8-12(2)15(11)18-21-13(3)16(14(4)22-18)17-19-9-6-10-20-17/h5-10H,1-4H3. The third-order valence-corrected chi connectivity index (χ3v) is 3.76. The average Bonchev–Trinajstić information content (AvgIpc) is 2.47. The Morgan fingerprint density at radius 3 is 1.73 bits per heavy atom. The van der Waals surface area contributed by atoms with Gasteiger partial charge in [-0.25, -0.2) is 19.9 Å². The first kappa shape index (κ1) is 14.3. The van der Waals surface area contributed by atoms with Gasteiger partial charge in [0.05, 0.1) is 17.0 Å². The zero-order valence-corrected chi connectivity index (χ0v) is 13.3. The van der Waals surface area contributed by atoms with Gasteiger partial charge in [0, 0.05) is 18.0 Å². The number of benzene rings is 1. The summed E-state index contributed by atoms with van der Waals surface area (Å²) < 4.78 is 0. The lowest BCUT2D eigenvalue weighted by Crippen LogP contribution is -2.03. The largest absolute Gasteiger partial charge is 0.236 e. The Hall–Kier alpha value is -2.62. The topological polar surface area (TPSA) is 51.6 Å². The van der Waals surface area contributed by atoms with Gasteiger partial charge in [0.15, 0.2) is 11.6 Å². The average molecular weight is 290 g/mol. The second kappa shape index (κ2) is 5.64. The van der Waals surface area contributed by atoms with Gasteiger partial charge in [0.25, 0.3) is 0 Å². The van der Waals surface area contributed by atoms with Crippen LogP contribution < -0.4 is 0 Å². The minimum atomic E-state index is 0.672. The summed E-state index contributed by atoms with van der Waals surface area (Å²) >= 11 is 0. The fraction of sp³-hybridized carbons (Fsp3) is 0.222. The van der Waals surface area contributed by atoms with Crippen LogP contribution in [0.1, 0.15) is 22.5 Å². The molecule has 4 heteroatoms. The molecule has 0 saturated heterocycles. The van der Waals surface area contributed by atoms with Crippen molar-refractivity contribution in [3.8, 4) is 22.8 Å². The zero-order valence-electron chi connectivity index (χ0n) is 13.3. The van der Waals surface area contributed by atoms with Crippen molar-refractivity contribution in [1.29, 1.82) is 0 Å². The minimum absolute atomic E-state index is 0.672. The molecular formula is C18H18N4. The molecule has 1 aromatic carbocycles. The highest BCUT2D eigenvalue weighted by Gasteiger charge is 2.15. The summed E-state index contributed by atoms with van der Waals surface area (Å²) in [5, 5.41) is 0. The van der Waals surface area contributed by atoms with Gasteiger partial charge in [-0.1, -0.05) is 18.2 Å². The van der Waals surface area contributed by atoms with Crippen molar-refractivity contribution in [2.24, 2.45) is 0 Å². The van der Waals surface area contributed by atoms with E-state index in [9.17, 15) is 0 Å². The molecule has 0 fully saturated rings. The summed E-state index contributed by atoms with van der Waals surface area (Å²) in [6.45, 7) is 8.14. The molecule has 0 saturated carbocycles. The molecule has 0 aliphatic rings. The predicted molar refractivity (Wildman–Crippen MR) is 87.4 cm³/mol. The van der Waals surface area contributed by atoms with Gasteiger partial charge >= 0.3 is 0 Å². The van der Waals surface area contributed by atoms with Crippen molar-refractivity contribution in [1.82, 2.24) is 19.9 Å². The Balaban J connectivity index is 2.19. The highest BCUT2D eigenvalue weighted by Crippen LogP contribution is 2.28. The second-order valence-electron chi connectivity index (χ2n) is 5.43. The van der Waals surface area contributed by atoms with Gasteiger partial charge in [-0.15, -0.1) is 0 Å². The minimum Gasteiger partial charge on any atom is -0.236 e. The zero-order chi connectivity index (χ0) is 15.7. The number of hydrogen-bond acceptors (Lipinski definition) is 4. The first-order chi connectivity index (χ1) is 10.6. The summed E-state index contributed by atoms with van der Waals surface area (Å²) in [7, 11) is 0. The van der Waals surface area contributed by atoms with Gasteiger partial charge in [-0.2, -0.15) is 0 Å². The van der Waals surface area contributed by atoms with E-state index >= 15 is 0 Å². The molecule has 110 valence electrons. The van der Waals surface area contributed by atoms with Gasteiger partial charge in [-0.05, 0) is 44.9 Å². The molecule has 0 N–H and O–H groups in total. The molecule has 3 rings (SSSR count). The van der Waals surface area contributed by atoms with E-state index in [0.717, 1.165) is 28.3 Å². The van der Waals surface area contributed by atoms with Crippen LogP contribution in [0.3, 0.4) is 0 Å². The summed E-state index contributed by atoms with van der Waals surface area (Å²) in [6.07, 6.45) is 3.47. The normalized spacial score (nSPS) is 10.7. The number of hydrogen-bond donors (Lipinski definition) is 0. The van der Waals surface area contributed by atoms with Crippen LogP contribution in [-0.4, -0.2) is 19.9 Å². The van der Waals surface area contributed by atoms with E-state index in [2.05, 4.69) is 42.0 Å². The van der Waals surface area contributed by atoms with E-state index in [1.165, 1.54) is 11.1 Å². The van der Waals surface area contributed by atoms with Crippen molar-refractivity contribution in [3.63, 3.8) is 0 Å². The summed E-state index contributed by atoms with van der Waals surface area (Å²) in [6, 6.07) is 8.04. The number of rotatable bonds is 2. The number of aromatic nitrogens is 4. The lowest BCUT2D eigenvalue weighted by molar-refractivity contribution is 1.04. The van der Waals surface area contributed by atoms with Gasteiger partial charge in [-0.3, -0.25) is 0 Å². The summed E-state index contributed by atoms with van der Waals surface area (Å²) in [4.78, 5) is 18.1. The van der Waals surface area contributed by atoms with E-state index in [0.29, 0.717) is 5.82 Å². The van der Waals surface area contributed by atoms with Crippen molar-refractivity contribution in [2.45, 2.75) is 27.7 Å². The highest BCUT2D eigenvalue weighted by molar-refractivity contribution is 5.68. The van der Waals surface area contributed by atoms with Crippen LogP contribution in [0.25, 0.3) is 22.8 Å². The number of aryl methyl sites for hydroxylation is 4. The molecule has 0 bridgehead atoms. The Bertz CT molecular complexity index is 782. The Labute approximate surface area is 130 Å². The van der Waals surface area contributed by atoms with E-state index in [1.807, 2.05) is 13.8 Å². The fourth-order valence-electron chi connectivity index (χ4n) is 2.75. The SMILES string of the molecule is Cc1cccc(C)c1-c1nc(C)c(-c2ncccn2)c(C)n1. The summed E-state index contributed by atoms with van der Waals surface area (Å²) in [5.74, 6) is 1.44. The van der Waals surface area contributed by atoms with Crippen LogP contribution in [0.2, 0.25) is 0 Å². The van der Waals surface area contributed by atoms with E-state index in [4.69, 9.17) is 9.97 Å². The van der Waals surface area contributed by atoms with Gasteiger partial charge < -0.3 is 0 Å². The smallest absolute Gasteiger partial charge is 0.162 e. The van der Waals surface area contributed by atoms with Crippen LogP contribution in [-0.2, 0) is 0 Å². The monoisotopic (exact) mass is 290 g/mol. The quantitative estimate of drug-likeness (QED) is 0.719. The van der Waals surface area contributed by atoms with Crippen molar-refractivity contribution >= 4 is 0 Å². The van der Waals surface area contributed by atoms with Gasteiger partial charge in [0.2, 0.25) is 0 Å². The van der Waals surface area contributed by atoms with Gasteiger partial charge in [0.1, 0.15) is 0 Å². The molecule has 2 aromatic heterocycles. The molecule has 4 nitrogen and oxygen atoms in total. The first-order valence-electron chi connectivity index (χ1n) is 7.27. The van der Waals surface area contributed by atoms with Crippen molar-refractivity contribution in [3.05, 3.63) is 59.2 Å². The van der Waals surface area contributed by atoms with Crippen LogP contribution in [0.5, 0.6) is 0 Å². The Kier molecular flexibility index (Phi) is 3.67. The highest BCUT2D eigenvalue weighted by atomic mass is 14.9. The van der Waals surface area contributed by atoms with Crippen molar-refractivity contribution < 1.29 is 0 Å². The second-order valence-corrected chi connectivity index (χ2v) is 5.43. The lowest BCUT2D eigenvalue weighted by atomic mass is 10.0. The molecule has 0 aliphatic carbocycles. The van der Waals surface area contributed by atoms with Crippen molar-refractivity contribution in [2.75, 3.05) is 0 Å². The van der Waals surface area contributed by atoms with Crippen LogP contribution >= 0.6 is 0 Å². The fourth-order valence-corrected chi connectivity index (χ4v) is 2.75.